The molecule has 0 fully saturated rings. The van der Waals surface area contributed by atoms with Gasteiger partial charge in [0.05, 0.1) is 5.02 Å². The molecule has 3 heteroatoms. The van der Waals surface area contributed by atoms with E-state index in [1.807, 2.05) is 24.3 Å². The van der Waals surface area contributed by atoms with Crippen molar-refractivity contribution in [3.63, 3.8) is 0 Å². The Hall–Kier alpha value is -1.38. The minimum Gasteiger partial charge on any atom is -0.330 e. The van der Waals surface area contributed by atoms with E-state index in [-0.39, 0.29) is 10.8 Å². The second-order valence-electron chi connectivity index (χ2n) is 4.63. The van der Waals surface area contributed by atoms with Crippen LogP contribution < -0.4 is 5.73 Å². The zero-order valence-corrected chi connectivity index (χ0v) is 11.4. The van der Waals surface area contributed by atoms with E-state index in [4.69, 9.17) is 17.3 Å². The maximum atomic E-state index is 13.4. The van der Waals surface area contributed by atoms with E-state index in [1.54, 1.807) is 6.07 Å². The lowest BCUT2D eigenvalue weighted by molar-refractivity contribution is 0.614. The summed E-state index contributed by atoms with van der Waals surface area (Å²) in [5, 5.41) is 0.169. The van der Waals surface area contributed by atoms with Gasteiger partial charge in [0.2, 0.25) is 0 Å². The molecule has 0 spiro atoms. The summed E-state index contributed by atoms with van der Waals surface area (Å²) >= 11 is 5.67. The van der Waals surface area contributed by atoms with Gasteiger partial charge in [0.1, 0.15) is 5.82 Å². The van der Waals surface area contributed by atoms with Crippen LogP contribution in [0.25, 0.3) is 0 Å². The van der Waals surface area contributed by atoms with E-state index >= 15 is 0 Å². The molecule has 0 saturated carbocycles. The monoisotopic (exact) mass is 277 g/mol. The van der Waals surface area contributed by atoms with Gasteiger partial charge in [-0.25, -0.2) is 4.39 Å². The van der Waals surface area contributed by atoms with Crippen molar-refractivity contribution >= 4 is 11.6 Å². The molecule has 2 rings (SSSR count). The van der Waals surface area contributed by atoms with Crippen LogP contribution in [0.4, 0.5) is 4.39 Å². The van der Waals surface area contributed by atoms with Crippen LogP contribution in [0, 0.1) is 5.82 Å². The van der Waals surface area contributed by atoms with E-state index in [0.29, 0.717) is 12.5 Å². The number of nitrogens with two attached hydrogens (primary N) is 1. The van der Waals surface area contributed by atoms with Gasteiger partial charge >= 0.3 is 0 Å². The minimum atomic E-state index is -0.358. The molecule has 0 aliphatic heterocycles. The van der Waals surface area contributed by atoms with Crippen molar-refractivity contribution in [2.24, 2.45) is 5.73 Å². The van der Waals surface area contributed by atoms with E-state index in [2.05, 4.69) is 12.1 Å². The second-order valence-corrected chi connectivity index (χ2v) is 5.04. The zero-order valence-electron chi connectivity index (χ0n) is 10.7. The standard InChI is InChI=1S/C16H17ClFN/c17-15-9-7-12(10-16(15)18)6-8-14(11-19)13-4-2-1-3-5-13/h1-5,7,9-10,14H,6,8,11,19H2. The van der Waals surface area contributed by atoms with Gasteiger partial charge in [-0.2, -0.15) is 0 Å². The molecule has 0 bridgehead atoms. The first kappa shape index (κ1) is 14.0. The van der Waals surface area contributed by atoms with Gasteiger partial charge in [0.25, 0.3) is 0 Å². The summed E-state index contributed by atoms with van der Waals surface area (Å²) in [6.07, 6.45) is 1.70. The summed E-state index contributed by atoms with van der Waals surface area (Å²) in [5.41, 5.74) is 8.02. The predicted molar refractivity (Wildman–Crippen MR) is 78.0 cm³/mol. The third-order valence-corrected chi connectivity index (χ3v) is 3.63. The van der Waals surface area contributed by atoms with Crippen LogP contribution in [-0.4, -0.2) is 6.54 Å². The van der Waals surface area contributed by atoms with Crippen LogP contribution in [0.3, 0.4) is 0 Å². The Balaban J connectivity index is 2.02. The molecule has 1 nitrogen and oxygen atoms in total. The fourth-order valence-electron chi connectivity index (χ4n) is 2.18. The van der Waals surface area contributed by atoms with Gasteiger partial charge < -0.3 is 5.73 Å². The third-order valence-electron chi connectivity index (χ3n) is 3.32. The average molecular weight is 278 g/mol. The van der Waals surface area contributed by atoms with Crippen molar-refractivity contribution < 1.29 is 4.39 Å². The summed E-state index contributed by atoms with van der Waals surface area (Å²) in [7, 11) is 0. The highest BCUT2D eigenvalue weighted by Gasteiger charge is 2.10. The van der Waals surface area contributed by atoms with Crippen LogP contribution in [0.15, 0.2) is 48.5 Å². The molecule has 2 N–H and O–H groups in total. The van der Waals surface area contributed by atoms with Gasteiger partial charge in [0.15, 0.2) is 0 Å². The summed E-state index contributed by atoms with van der Waals surface area (Å²) in [6, 6.07) is 15.2. The average Bonchev–Trinajstić information content (AvgIpc) is 2.44. The molecule has 0 heterocycles. The molecule has 0 aliphatic carbocycles. The van der Waals surface area contributed by atoms with Crippen LogP contribution in [0.5, 0.6) is 0 Å². The minimum absolute atomic E-state index is 0.169. The van der Waals surface area contributed by atoms with Gasteiger partial charge in [0, 0.05) is 0 Å². The fraction of sp³-hybridized carbons (Fsp3) is 0.250. The van der Waals surface area contributed by atoms with Gasteiger partial charge in [-0.05, 0) is 48.6 Å². The van der Waals surface area contributed by atoms with E-state index in [1.165, 1.54) is 11.6 Å². The second kappa shape index (κ2) is 6.69. The Kier molecular flexibility index (Phi) is 4.94. The molecular formula is C16H17ClFN. The zero-order chi connectivity index (χ0) is 13.7. The van der Waals surface area contributed by atoms with Crippen LogP contribution in [0.1, 0.15) is 23.5 Å². The summed E-state index contributed by atoms with van der Waals surface area (Å²) in [5.74, 6) is -0.0527. The van der Waals surface area contributed by atoms with E-state index < -0.39 is 0 Å². The van der Waals surface area contributed by atoms with Gasteiger partial charge in [-0.3, -0.25) is 0 Å². The van der Waals surface area contributed by atoms with Crippen LogP contribution >= 0.6 is 11.6 Å². The number of hydrogen-bond donors (Lipinski definition) is 1. The highest BCUT2D eigenvalue weighted by molar-refractivity contribution is 6.30. The number of halogens is 2. The smallest absolute Gasteiger partial charge is 0.142 e. The summed E-state index contributed by atoms with van der Waals surface area (Å²) in [4.78, 5) is 0. The molecular weight excluding hydrogens is 261 g/mol. The lowest BCUT2D eigenvalue weighted by Gasteiger charge is -2.15. The number of rotatable bonds is 5. The normalized spacial score (nSPS) is 12.4. The summed E-state index contributed by atoms with van der Waals surface area (Å²) in [6.45, 7) is 0.597. The molecule has 0 aliphatic rings. The third kappa shape index (κ3) is 3.79. The lowest BCUT2D eigenvalue weighted by atomic mass is 9.92. The summed E-state index contributed by atoms with van der Waals surface area (Å²) < 4.78 is 13.4. The Labute approximate surface area is 118 Å². The molecule has 2 aromatic rings. The Bertz CT molecular complexity index is 528. The molecule has 19 heavy (non-hydrogen) atoms. The lowest BCUT2D eigenvalue weighted by Crippen LogP contribution is -2.13. The van der Waals surface area contributed by atoms with Crippen molar-refractivity contribution in [2.45, 2.75) is 18.8 Å². The first-order chi connectivity index (χ1) is 9.20. The number of hydrogen-bond acceptors (Lipinski definition) is 1. The van der Waals surface area contributed by atoms with Crippen molar-refractivity contribution in [1.29, 1.82) is 0 Å². The van der Waals surface area contributed by atoms with E-state index in [9.17, 15) is 4.39 Å². The van der Waals surface area contributed by atoms with Crippen LogP contribution in [0.2, 0.25) is 5.02 Å². The van der Waals surface area contributed by atoms with Crippen molar-refractivity contribution in [3.05, 3.63) is 70.5 Å². The van der Waals surface area contributed by atoms with Gasteiger partial charge in [-0.15, -0.1) is 0 Å². The van der Waals surface area contributed by atoms with Crippen molar-refractivity contribution in [1.82, 2.24) is 0 Å². The predicted octanol–water partition coefficient (Wildman–Crippen LogP) is 4.15. The topological polar surface area (TPSA) is 26.0 Å². The molecule has 1 atom stereocenters. The van der Waals surface area contributed by atoms with Crippen molar-refractivity contribution in [3.8, 4) is 0 Å². The van der Waals surface area contributed by atoms with Gasteiger partial charge in [-0.1, -0.05) is 48.0 Å². The number of benzene rings is 2. The highest BCUT2D eigenvalue weighted by Crippen LogP contribution is 2.22. The Morgan fingerprint density at radius 1 is 1.11 bits per heavy atom. The molecule has 1 unspecified atom stereocenters. The maximum absolute atomic E-state index is 13.4. The largest absolute Gasteiger partial charge is 0.330 e. The molecule has 2 aromatic carbocycles. The number of aryl methyl sites for hydroxylation is 1. The SMILES string of the molecule is NCC(CCc1ccc(Cl)c(F)c1)c1ccccc1. The highest BCUT2D eigenvalue weighted by atomic mass is 35.5. The van der Waals surface area contributed by atoms with Crippen molar-refractivity contribution in [2.75, 3.05) is 6.54 Å². The Morgan fingerprint density at radius 2 is 1.84 bits per heavy atom. The maximum Gasteiger partial charge on any atom is 0.142 e. The molecule has 0 aromatic heterocycles. The molecule has 0 radical (unpaired) electrons. The first-order valence-electron chi connectivity index (χ1n) is 6.39. The quantitative estimate of drug-likeness (QED) is 0.873. The molecule has 0 saturated heterocycles. The Morgan fingerprint density at radius 3 is 2.47 bits per heavy atom. The molecule has 0 amide bonds. The van der Waals surface area contributed by atoms with E-state index in [0.717, 1.165) is 18.4 Å². The molecule has 100 valence electrons. The fourth-order valence-corrected chi connectivity index (χ4v) is 2.30. The van der Waals surface area contributed by atoms with Crippen LogP contribution in [-0.2, 0) is 6.42 Å². The first-order valence-corrected chi connectivity index (χ1v) is 6.77.